The monoisotopic (exact) mass is 416 g/mol. The lowest BCUT2D eigenvalue weighted by atomic mass is 10.2. The first-order valence-corrected chi connectivity index (χ1v) is 9.61. The van der Waals surface area contributed by atoms with Crippen LogP contribution in [0.1, 0.15) is 5.56 Å². The van der Waals surface area contributed by atoms with E-state index < -0.39 is 0 Å². The number of para-hydroxylation sites is 2. The molecule has 0 amide bonds. The van der Waals surface area contributed by atoms with E-state index in [9.17, 15) is 9.18 Å². The molecular weight excluding hydrogens is 399 g/mol. The first kappa shape index (κ1) is 19.0. The summed E-state index contributed by atoms with van der Waals surface area (Å²) >= 11 is 0. The number of benzene rings is 2. The van der Waals surface area contributed by atoms with E-state index in [1.165, 1.54) is 27.7 Å². The second-order valence-corrected chi connectivity index (χ2v) is 6.93. The Kier molecular flexibility index (Phi) is 4.72. The number of fused-ring (bicyclic) bond motifs is 4. The van der Waals surface area contributed by atoms with Gasteiger partial charge in [-0.1, -0.05) is 24.3 Å². The van der Waals surface area contributed by atoms with Crippen LogP contribution in [0.4, 0.5) is 4.39 Å². The molecule has 0 atom stereocenters. The summed E-state index contributed by atoms with van der Waals surface area (Å²) in [4.78, 5) is 27.0. The van der Waals surface area contributed by atoms with Crippen LogP contribution in [0.3, 0.4) is 0 Å². The molecule has 0 unspecified atom stereocenters. The molecule has 0 N–H and O–H groups in total. The number of methoxy groups -OCH3 is 1. The van der Waals surface area contributed by atoms with E-state index >= 15 is 0 Å². The van der Waals surface area contributed by atoms with Crippen LogP contribution in [0.15, 0.2) is 64.8 Å². The van der Waals surface area contributed by atoms with Crippen LogP contribution in [0.2, 0.25) is 0 Å². The van der Waals surface area contributed by atoms with E-state index in [4.69, 9.17) is 4.74 Å². The maximum absolute atomic E-state index is 13.2. The SMILES string of the molecule is COCCn1cnc2c(c1=O)c1nc3ccccc3nc1n2/N=C/c1ccc(F)cc1. The fraction of sp³-hybridized carbons (Fsp3) is 0.136. The van der Waals surface area contributed by atoms with Gasteiger partial charge in [-0.25, -0.2) is 19.3 Å². The maximum Gasteiger partial charge on any atom is 0.265 e. The van der Waals surface area contributed by atoms with Gasteiger partial charge in [0, 0.05) is 7.11 Å². The van der Waals surface area contributed by atoms with Gasteiger partial charge in [0.15, 0.2) is 11.3 Å². The van der Waals surface area contributed by atoms with Crippen LogP contribution >= 0.6 is 0 Å². The minimum atomic E-state index is -0.329. The highest BCUT2D eigenvalue weighted by Crippen LogP contribution is 2.24. The Labute approximate surface area is 175 Å². The Morgan fingerprint density at radius 2 is 1.81 bits per heavy atom. The summed E-state index contributed by atoms with van der Waals surface area (Å²) < 4.78 is 21.3. The normalized spacial score (nSPS) is 11.9. The third-order valence-electron chi connectivity index (χ3n) is 4.94. The fourth-order valence-electron chi connectivity index (χ4n) is 3.39. The van der Waals surface area contributed by atoms with Crippen molar-refractivity contribution in [1.82, 2.24) is 24.2 Å². The van der Waals surface area contributed by atoms with Gasteiger partial charge >= 0.3 is 0 Å². The molecular formula is C22H17FN6O2. The molecule has 0 radical (unpaired) electrons. The minimum Gasteiger partial charge on any atom is -0.383 e. The van der Waals surface area contributed by atoms with Crippen LogP contribution in [-0.4, -0.2) is 44.1 Å². The summed E-state index contributed by atoms with van der Waals surface area (Å²) in [5, 5.41) is 4.83. The van der Waals surface area contributed by atoms with Crippen molar-refractivity contribution in [2.75, 3.05) is 13.7 Å². The molecule has 5 rings (SSSR count). The average molecular weight is 416 g/mol. The van der Waals surface area contributed by atoms with Gasteiger partial charge in [-0.2, -0.15) is 9.78 Å². The number of nitrogens with zero attached hydrogens (tertiary/aromatic N) is 6. The molecule has 8 nitrogen and oxygen atoms in total. The zero-order valence-corrected chi connectivity index (χ0v) is 16.6. The van der Waals surface area contributed by atoms with Crippen LogP contribution in [-0.2, 0) is 11.3 Å². The quantitative estimate of drug-likeness (QED) is 0.411. The molecule has 9 heteroatoms. The smallest absolute Gasteiger partial charge is 0.265 e. The Balaban J connectivity index is 1.79. The summed E-state index contributed by atoms with van der Waals surface area (Å²) in [5.74, 6) is -0.329. The third-order valence-corrected chi connectivity index (χ3v) is 4.94. The second-order valence-electron chi connectivity index (χ2n) is 6.93. The Morgan fingerprint density at radius 3 is 2.55 bits per heavy atom. The highest BCUT2D eigenvalue weighted by atomic mass is 19.1. The molecule has 3 aromatic heterocycles. The first-order valence-electron chi connectivity index (χ1n) is 9.61. The lowest BCUT2D eigenvalue weighted by Crippen LogP contribution is -2.22. The topological polar surface area (TPSA) is 87.2 Å². The molecule has 0 bridgehead atoms. The van der Waals surface area contributed by atoms with Gasteiger partial charge in [-0.05, 0) is 29.8 Å². The molecule has 2 aromatic carbocycles. The van der Waals surface area contributed by atoms with E-state index in [2.05, 4.69) is 20.1 Å². The van der Waals surface area contributed by atoms with Crippen LogP contribution in [0.5, 0.6) is 0 Å². The average Bonchev–Trinajstić information content (AvgIpc) is 3.10. The molecule has 3 heterocycles. The van der Waals surface area contributed by atoms with Crippen molar-refractivity contribution in [3.05, 3.63) is 76.6 Å². The second kappa shape index (κ2) is 7.69. The van der Waals surface area contributed by atoms with Gasteiger partial charge < -0.3 is 4.74 Å². The predicted octanol–water partition coefficient (Wildman–Crippen LogP) is 2.96. The number of halogens is 1. The van der Waals surface area contributed by atoms with Gasteiger partial charge in [-0.15, -0.1) is 0 Å². The Morgan fingerprint density at radius 1 is 1.06 bits per heavy atom. The van der Waals surface area contributed by atoms with Crippen molar-refractivity contribution in [2.45, 2.75) is 6.54 Å². The van der Waals surface area contributed by atoms with Crippen LogP contribution in [0.25, 0.3) is 33.2 Å². The summed E-state index contributed by atoms with van der Waals surface area (Å²) in [6.45, 7) is 0.744. The molecule has 0 aliphatic carbocycles. The van der Waals surface area contributed by atoms with Crippen molar-refractivity contribution in [2.24, 2.45) is 5.10 Å². The zero-order valence-electron chi connectivity index (χ0n) is 16.6. The van der Waals surface area contributed by atoms with Gasteiger partial charge in [0.05, 0.1) is 30.4 Å². The molecule has 5 aromatic rings. The van der Waals surface area contributed by atoms with Gasteiger partial charge in [-0.3, -0.25) is 9.36 Å². The van der Waals surface area contributed by atoms with E-state index in [-0.39, 0.29) is 11.4 Å². The summed E-state index contributed by atoms with van der Waals surface area (Å²) in [6.07, 6.45) is 3.03. The molecule has 0 spiro atoms. The van der Waals surface area contributed by atoms with Crippen molar-refractivity contribution >= 4 is 39.4 Å². The zero-order chi connectivity index (χ0) is 21.4. The van der Waals surface area contributed by atoms with Crippen molar-refractivity contribution in [1.29, 1.82) is 0 Å². The standard InChI is InChI=1S/C22H17FN6O2/c1-31-11-10-28-13-24-20-18(22(28)30)19-21(27-17-5-3-2-4-16(17)26-19)29(20)25-12-14-6-8-15(23)9-7-14/h2-9,12-13H,10-11H2,1H3/b25-12+. The number of ether oxygens (including phenoxy) is 1. The van der Waals surface area contributed by atoms with E-state index in [1.807, 2.05) is 24.3 Å². The van der Waals surface area contributed by atoms with E-state index in [0.717, 1.165) is 0 Å². The third kappa shape index (κ3) is 3.34. The molecule has 0 aliphatic rings. The molecule has 31 heavy (non-hydrogen) atoms. The van der Waals surface area contributed by atoms with Crippen molar-refractivity contribution in [3.8, 4) is 0 Å². The molecule has 0 fully saturated rings. The Hall–Kier alpha value is -3.98. The number of hydrogen-bond acceptors (Lipinski definition) is 6. The highest BCUT2D eigenvalue weighted by molar-refractivity contribution is 6.04. The summed E-state index contributed by atoms with van der Waals surface area (Å²) in [6, 6.07) is 13.3. The fourth-order valence-corrected chi connectivity index (χ4v) is 3.39. The molecule has 0 saturated carbocycles. The van der Waals surface area contributed by atoms with Crippen LogP contribution < -0.4 is 5.56 Å². The number of rotatable bonds is 5. The van der Waals surface area contributed by atoms with Gasteiger partial charge in [0.2, 0.25) is 0 Å². The summed E-state index contributed by atoms with van der Waals surface area (Å²) in [7, 11) is 1.57. The van der Waals surface area contributed by atoms with E-state index in [1.54, 1.807) is 25.5 Å². The number of hydrogen-bond donors (Lipinski definition) is 0. The molecule has 154 valence electrons. The summed E-state index contributed by atoms with van der Waals surface area (Å²) in [5.41, 5.74) is 2.99. The predicted molar refractivity (Wildman–Crippen MR) is 116 cm³/mol. The van der Waals surface area contributed by atoms with Crippen molar-refractivity contribution in [3.63, 3.8) is 0 Å². The lowest BCUT2D eigenvalue weighted by Gasteiger charge is -2.04. The largest absolute Gasteiger partial charge is 0.383 e. The highest BCUT2D eigenvalue weighted by Gasteiger charge is 2.19. The lowest BCUT2D eigenvalue weighted by molar-refractivity contribution is 0.186. The van der Waals surface area contributed by atoms with Gasteiger partial charge in [0.1, 0.15) is 23.0 Å². The Bertz CT molecular complexity index is 1500. The van der Waals surface area contributed by atoms with Crippen molar-refractivity contribution < 1.29 is 9.13 Å². The maximum atomic E-state index is 13.2. The van der Waals surface area contributed by atoms with Crippen LogP contribution in [0, 0.1) is 5.82 Å². The molecule has 0 aliphatic heterocycles. The molecule has 0 saturated heterocycles. The first-order chi connectivity index (χ1) is 15.2. The van der Waals surface area contributed by atoms with Gasteiger partial charge in [0.25, 0.3) is 5.56 Å². The minimum absolute atomic E-state index is 0.243. The van der Waals surface area contributed by atoms with E-state index in [0.29, 0.717) is 51.9 Å². The number of aromatic nitrogens is 5.